The summed E-state index contributed by atoms with van der Waals surface area (Å²) in [6, 6.07) is 37.7. The second-order valence-corrected chi connectivity index (χ2v) is 7.69. The van der Waals surface area contributed by atoms with Gasteiger partial charge in [0.1, 0.15) is 5.92 Å². The Morgan fingerprint density at radius 1 is 0.606 bits per heavy atom. The van der Waals surface area contributed by atoms with Crippen LogP contribution in [0.5, 0.6) is 0 Å². The van der Waals surface area contributed by atoms with Gasteiger partial charge in [0.25, 0.3) is 5.91 Å². The Labute approximate surface area is 193 Å². The van der Waals surface area contributed by atoms with E-state index in [1.54, 1.807) is 12.1 Å². The second kappa shape index (κ2) is 10.9. The highest BCUT2D eigenvalue weighted by Gasteiger charge is 2.31. The van der Waals surface area contributed by atoms with Gasteiger partial charge in [0.15, 0.2) is 0 Å². The molecule has 0 aromatic heterocycles. The molecule has 0 radical (unpaired) electrons. The summed E-state index contributed by atoms with van der Waals surface area (Å²) in [5, 5.41) is 2.91. The third-order valence-corrected chi connectivity index (χ3v) is 5.39. The van der Waals surface area contributed by atoms with Gasteiger partial charge >= 0.3 is 5.97 Å². The van der Waals surface area contributed by atoms with Crippen LogP contribution in [0.15, 0.2) is 121 Å². The number of ether oxygens (including phenoxy) is 1. The molecule has 0 fully saturated rings. The Morgan fingerprint density at radius 3 is 1.52 bits per heavy atom. The van der Waals surface area contributed by atoms with Crippen LogP contribution in [0, 0.1) is 0 Å². The molecule has 0 unspecified atom stereocenters. The lowest BCUT2D eigenvalue weighted by Crippen LogP contribution is -2.33. The molecule has 0 aliphatic carbocycles. The molecule has 0 spiro atoms. The summed E-state index contributed by atoms with van der Waals surface area (Å²) in [7, 11) is 0. The first-order chi connectivity index (χ1) is 16.2. The molecule has 0 heterocycles. The number of amides is 1. The average Bonchev–Trinajstić information content (AvgIpc) is 2.88. The topological polar surface area (TPSA) is 55.4 Å². The van der Waals surface area contributed by atoms with Gasteiger partial charge in [-0.25, -0.2) is 0 Å². The van der Waals surface area contributed by atoms with Gasteiger partial charge < -0.3 is 10.1 Å². The van der Waals surface area contributed by atoms with Crippen LogP contribution in [-0.2, 0) is 20.9 Å². The molecule has 4 aromatic carbocycles. The van der Waals surface area contributed by atoms with Crippen LogP contribution in [0.25, 0.3) is 0 Å². The predicted octanol–water partition coefficient (Wildman–Crippen LogP) is 5.42. The zero-order chi connectivity index (χ0) is 22.9. The zero-order valence-electron chi connectivity index (χ0n) is 18.1. The fraction of sp³-hybridized carbons (Fsp3) is 0.103. The van der Waals surface area contributed by atoms with E-state index >= 15 is 0 Å². The van der Waals surface area contributed by atoms with Crippen LogP contribution in [0.3, 0.4) is 0 Å². The normalized spacial score (nSPS) is 11.5. The lowest BCUT2D eigenvalue weighted by Gasteiger charge is -2.22. The highest BCUT2D eigenvalue weighted by atomic mass is 16.5. The summed E-state index contributed by atoms with van der Waals surface area (Å²) in [6.07, 6.45) is -1.06. The van der Waals surface area contributed by atoms with Gasteiger partial charge in [-0.2, -0.15) is 0 Å². The van der Waals surface area contributed by atoms with Crippen molar-refractivity contribution in [3.63, 3.8) is 0 Å². The fourth-order valence-corrected chi connectivity index (χ4v) is 3.72. The lowest BCUT2D eigenvalue weighted by atomic mass is 9.91. The van der Waals surface area contributed by atoms with E-state index in [4.69, 9.17) is 4.74 Å². The molecule has 4 rings (SSSR count). The smallest absolute Gasteiger partial charge is 0.319 e. The Balaban J connectivity index is 1.60. The largest absolute Gasteiger partial charge is 0.447 e. The van der Waals surface area contributed by atoms with Crippen molar-refractivity contribution >= 4 is 11.9 Å². The highest BCUT2D eigenvalue weighted by molar-refractivity contribution is 5.88. The highest BCUT2D eigenvalue weighted by Crippen LogP contribution is 2.29. The molecule has 4 aromatic rings. The van der Waals surface area contributed by atoms with Gasteiger partial charge in [-0.1, -0.05) is 121 Å². The number of carbonyl (C=O) groups is 2. The molecule has 1 atom stereocenters. The third kappa shape index (κ3) is 5.74. The molecule has 0 saturated heterocycles. The van der Waals surface area contributed by atoms with Crippen molar-refractivity contribution in [2.24, 2.45) is 0 Å². The Bertz CT molecular complexity index is 1120. The minimum Gasteiger partial charge on any atom is -0.447 e. The standard InChI is InChI=1S/C29H25NO3/c31-28(30-21-22-13-5-1-6-14-22)27(25-19-11-4-12-20-25)33-29(32)26(23-15-7-2-8-16-23)24-17-9-3-10-18-24/h1-20,26-27H,21H2,(H,30,31)/t27-/m1/s1. The van der Waals surface area contributed by atoms with Crippen molar-refractivity contribution < 1.29 is 14.3 Å². The van der Waals surface area contributed by atoms with Crippen molar-refractivity contribution in [3.05, 3.63) is 144 Å². The number of nitrogens with one attached hydrogen (secondary N) is 1. The number of esters is 1. The van der Waals surface area contributed by atoms with E-state index in [0.29, 0.717) is 12.1 Å². The van der Waals surface area contributed by atoms with Gasteiger partial charge in [-0.05, 0) is 16.7 Å². The molecule has 4 heteroatoms. The molecule has 4 nitrogen and oxygen atoms in total. The minimum absolute atomic E-state index is 0.349. The lowest BCUT2D eigenvalue weighted by molar-refractivity contribution is -0.157. The molecule has 0 aliphatic rings. The van der Waals surface area contributed by atoms with E-state index in [1.807, 2.05) is 109 Å². The summed E-state index contributed by atoms with van der Waals surface area (Å²) >= 11 is 0. The van der Waals surface area contributed by atoms with Gasteiger partial charge in [0, 0.05) is 12.1 Å². The average molecular weight is 436 g/mol. The fourth-order valence-electron chi connectivity index (χ4n) is 3.72. The van der Waals surface area contributed by atoms with Crippen LogP contribution >= 0.6 is 0 Å². The van der Waals surface area contributed by atoms with Crippen LogP contribution in [0.1, 0.15) is 34.3 Å². The van der Waals surface area contributed by atoms with Gasteiger partial charge in [-0.15, -0.1) is 0 Å². The monoisotopic (exact) mass is 435 g/mol. The van der Waals surface area contributed by atoms with Gasteiger partial charge in [0.2, 0.25) is 6.10 Å². The first kappa shape index (κ1) is 22.0. The second-order valence-electron chi connectivity index (χ2n) is 7.69. The third-order valence-electron chi connectivity index (χ3n) is 5.39. The molecule has 33 heavy (non-hydrogen) atoms. The van der Waals surface area contributed by atoms with Crippen LogP contribution < -0.4 is 5.32 Å². The number of hydrogen-bond acceptors (Lipinski definition) is 3. The summed E-state index contributed by atoms with van der Waals surface area (Å²) < 4.78 is 5.91. The molecule has 0 saturated carbocycles. The maximum atomic E-state index is 13.5. The van der Waals surface area contributed by atoms with E-state index in [2.05, 4.69) is 5.32 Å². The minimum atomic E-state index is -1.06. The molecule has 1 amide bonds. The maximum Gasteiger partial charge on any atom is 0.319 e. The summed E-state index contributed by atoms with van der Waals surface area (Å²) in [4.78, 5) is 26.7. The summed E-state index contributed by atoms with van der Waals surface area (Å²) in [6.45, 7) is 0.349. The molecular weight excluding hydrogens is 410 g/mol. The number of hydrogen-bond donors (Lipinski definition) is 1. The van der Waals surface area contributed by atoms with Gasteiger partial charge in [0.05, 0.1) is 0 Å². The van der Waals surface area contributed by atoms with Crippen molar-refractivity contribution in [2.75, 3.05) is 0 Å². The first-order valence-corrected chi connectivity index (χ1v) is 10.9. The van der Waals surface area contributed by atoms with Crippen molar-refractivity contribution in [1.29, 1.82) is 0 Å². The molecular formula is C29H25NO3. The predicted molar refractivity (Wildman–Crippen MR) is 128 cm³/mol. The van der Waals surface area contributed by atoms with Crippen LogP contribution in [0.4, 0.5) is 0 Å². The van der Waals surface area contributed by atoms with Crippen molar-refractivity contribution in [3.8, 4) is 0 Å². The van der Waals surface area contributed by atoms with Crippen LogP contribution in [0.2, 0.25) is 0 Å². The number of carbonyl (C=O) groups excluding carboxylic acids is 2. The number of rotatable bonds is 8. The van der Waals surface area contributed by atoms with Crippen molar-refractivity contribution in [1.82, 2.24) is 5.32 Å². The van der Waals surface area contributed by atoms with E-state index < -0.39 is 18.0 Å². The van der Waals surface area contributed by atoms with E-state index in [0.717, 1.165) is 16.7 Å². The van der Waals surface area contributed by atoms with Crippen molar-refractivity contribution in [2.45, 2.75) is 18.6 Å². The van der Waals surface area contributed by atoms with Gasteiger partial charge in [-0.3, -0.25) is 9.59 Å². The van der Waals surface area contributed by atoms with E-state index in [1.165, 1.54) is 0 Å². The Kier molecular flexibility index (Phi) is 7.29. The SMILES string of the molecule is O=C(O[C@@H](C(=O)NCc1ccccc1)c1ccccc1)C(c1ccccc1)c1ccccc1. The van der Waals surface area contributed by atoms with E-state index in [9.17, 15) is 9.59 Å². The quantitative estimate of drug-likeness (QED) is 0.376. The maximum absolute atomic E-state index is 13.5. The zero-order valence-corrected chi connectivity index (χ0v) is 18.1. The molecule has 0 bridgehead atoms. The Hall–Kier alpha value is -4.18. The van der Waals surface area contributed by atoms with Crippen LogP contribution in [-0.4, -0.2) is 11.9 Å². The Morgan fingerprint density at radius 2 is 1.03 bits per heavy atom. The molecule has 1 N–H and O–H groups in total. The number of benzene rings is 4. The summed E-state index contributed by atoms with van der Waals surface area (Å²) in [5.74, 6) is -1.48. The van der Waals surface area contributed by atoms with E-state index in [-0.39, 0.29) is 5.91 Å². The summed E-state index contributed by atoms with van der Waals surface area (Å²) in [5.41, 5.74) is 3.21. The molecule has 164 valence electrons. The first-order valence-electron chi connectivity index (χ1n) is 10.9. The molecule has 0 aliphatic heterocycles.